The predicted octanol–water partition coefficient (Wildman–Crippen LogP) is 1.78. The Kier molecular flexibility index (Phi) is 4.61. The molecular weight excluding hydrogens is 234 g/mol. The van der Waals surface area contributed by atoms with Crippen LogP contribution < -0.4 is 0 Å². The maximum atomic E-state index is 12.2. The minimum atomic E-state index is -0.502. The SMILES string of the molecule is CC(C)(C)OC(=O)N1CC(CCO)OCC1(C)C. The molecule has 1 aliphatic rings. The average Bonchev–Trinajstić information content (AvgIpc) is 2.18. The molecule has 18 heavy (non-hydrogen) atoms. The van der Waals surface area contributed by atoms with E-state index in [1.807, 2.05) is 34.6 Å². The van der Waals surface area contributed by atoms with Gasteiger partial charge in [-0.2, -0.15) is 0 Å². The number of hydrogen-bond acceptors (Lipinski definition) is 4. The standard InChI is InChI=1S/C13H25NO4/c1-12(2,3)18-11(16)14-8-10(6-7-15)17-9-13(14,4)5/h10,15H,6-9H2,1-5H3. The van der Waals surface area contributed by atoms with E-state index in [0.29, 0.717) is 19.6 Å². The fourth-order valence-electron chi connectivity index (χ4n) is 1.86. The lowest BCUT2D eigenvalue weighted by molar-refractivity contribution is -0.103. The van der Waals surface area contributed by atoms with E-state index >= 15 is 0 Å². The van der Waals surface area contributed by atoms with Gasteiger partial charge in [0.25, 0.3) is 0 Å². The first kappa shape index (κ1) is 15.2. The summed E-state index contributed by atoms with van der Waals surface area (Å²) in [7, 11) is 0. The number of amides is 1. The van der Waals surface area contributed by atoms with Crippen LogP contribution in [0.4, 0.5) is 4.79 Å². The van der Waals surface area contributed by atoms with Crippen LogP contribution in [0.1, 0.15) is 41.0 Å². The summed E-state index contributed by atoms with van der Waals surface area (Å²) in [6.45, 7) is 10.4. The highest BCUT2D eigenvalue weighted by Gasteiger charge is 2.39. The summed E-state index contributed by atoms with van der Waals surface area (Å²) in [6, 6.07) is 0. The molecule has 0 aromatic carbocycles. The van der Waals surface area contributed by atoms with Crippen molar-refractivity contribution in [1.29, 1.82) is 0 Å². The minimum absolute atomic E-state index is 0.0628. The van der Waals surface area contributed by atoms with Gasteiger partial charge in [0.15, 0.2) is 0 Å². The number of carbonyl (C=O) groups is 1. The zero-order valence-corrected chi connectivity index (χ0v) is 12.0. The van der Waals surface area contributed by atoms with E-state index in [-0.39, 0.29) is 24.3 Å². The molecule has 1 aliphatic heterocycles. The Morgan fingerprint density at radius 3 is 2.61 bits per heavy atom. The summed E-state index contributed by atoms with van der Waals surface area (Å²) in [4.78, 5) is 13.9. The second-order valence-corrected chi connectivity index (χ2v) is 6.35. The van der Waals surface area contributed by atoms with E-state index in [2.05, 4.69) is 0 Å². The van der Waals surface area contributed by atoms with Gasteiger partial charge < -0.3 is 14.6 Å². The molecule has 0 bridgehead atoms. The summed E-state index contributed by atoms with van der Waals surface area (Å²) in [5.41, 5.74) is -0.883. The smallest absolute Gasteiger partial charge is 0.410 e. The first-order chi connectivity index (χ1) is 8.15. The van der Waals surface area contributed by atoms with Crippen molar-refractivity contribution in [3.63, 3.8) is 0 Å². The summed E-state index contributed by atoms with van der Waals surface area (Å²) in [5, 5.41) is 8.95. The van der Waals surface area contributed by atoms with Crippen LogP contribution in [0.15, 0.2) is 0 Å². The van der Waals surface area contributed by atoms with Crippen LogP contribution in [0, 0.1) is 0 Å². The predicted molar refractivity (Wildman–Crippen MR) is 68.5 cm³/mol. The number of carbonyl (C=O) groups excluding carboxylic acids is 1. The van der Waals surface area contributed by atoms with Gasteiger partial charge in [0, 0.05) is 6.61 Å². The zero-order valence-electron chi connectivity index (χ0n) is 12.0. The van der Waals surface area contributed by atoms with Crippen molar-refractivity contribution < 1.29 is 19.4 Å². The maximum Gasteiger partial charge on any atom is 0.410 e. The van der Waals surface area contributed by atoms with Crippen LogP contribution in [0.5, 0.6) is 0 Å². The van der Waals surface area contributed by atoms with Crippen LogP contribution in [0.2, 0.25) is 0 Å². The van der Waals surface area contributed by atoms with Gasteiger partial charge in [-0.1, -0.05) is 0 Å². The zero-order chi connectivity index (χ0) is 14.0. The molecular formula is C13H25NO4. The minimum Gasteiger partial charge on any atom is -0.444 e. The average molecular weight is 259 g/mol. The van der Waals surface area contributed by atoms with Crippen LogP contribution >= 0.6 is 0 Å². The fourth-order valence-corrected chi connectivity index (χ4v) is 1.86. The number of rotatable bonds is 2. The van der Waals surface area contributed by atoms with E-state index in [0.717, 1.165) is 0 Å². The van der Waals surface area contributed by atoms with Crippen molar-refractivity contribution >= 4 is 6.09 Å². The highest BCUT2D eigenvalue weighted by molar-refractivity contribution is 5.69. The second-order valence-electron chi connectivity index (χ2n) is 6.35. The third-order valence-electron chi connectivity index (χ3n) is 2.85. The third kappa shape index (κ3) is 4.14. The first-order valence-corrected chi connectivity index (χ1v) is 6.39. The Balaban J connectivity index is 2.72. The Labute approximate surface area is 109 Å². The van der Waals surface area contributed by atoms with Crippen LogP contribution in [-0.2, 0) is 9.47 Å². The molecule has 5 heteroatoms. The topological polar surface area (TPSA) is 59.0 Å². The molecule has 1 heterocycles. The summed E-state index contributed by atoms with van der Waals surface area (Å²) in [6.07, 6.45) is 0.101. The molecule has 1 N–H and O–H groups in total. The van der Waals surface area contributed by atoms with Gasteiger partial charge in [-0.25, -0.2) is 4.79 Å². The van der Waals surface area contributed by atoms with Crippen molar-refractivity contribution in [2.24, 2.45) is 0 Å². The van der Waals surface area contributed by atoms with E-state index in [9.17, 15) is 4.79 Å². The number of nitrogens with zero attached hydrogens (tertiary/aromatic N) is 1. The van der Waals surface area contributed by atoms with E-state index in [1.54, 1.807) is 4.90 Å². The van der Waals surface area contributed by atoms with Crippen molar-refractivity contribution in [1.82, 2.24) is 4.90 Å². The molecule has 0 saturated carbocycles. The Morgan fingerprint density at radius 1 is 1.50 bits per heavy atom. The molecule has 1 unspecified atom stereocenters. The Bertz CT molecular complexity index is 296. The second kappa shape index (κ2) is 5.45. The maximum absolute atomic E-state index is 12.2. The highest BCUT2D eigenvalue weighted by Crippen LogP contribution is 2.25. The normalized spacial score (nSPS) is 23.9. The Hall–Kier alpha value is -0.810. The summed E-state index contributed by atoms with van der Waals surface area (Å²) in [5.74, 6) is 0. The van der Waals surface area contributed by atoms with Gasteiger partial charge in [0.05, 0.1) is 24.8 Å². The quantitative estimate of drug-likeness (QED) is 0.821. The molecule has 1 fully saturated rings. The molecule has 1 atom stereocenters. The number of hydrogen-bond donors (Lipinski definition) is 1. The van der Waals surface area contributed by atoms with Crippen molar-refractivity contribution in [2.75, 3.05) is 19.8 Å². The number of aliphatic hydroxyl groups is 1. The Morgan fingerprint density at radius 2 is 2.11 bits per heavy atom. The molecule has 0 aromatic rings. The number of morpholine rings is 1. The van der Waals surface area contributed by atoms with Gasteiger partial charge in [-0.3, -0.25) is 4.90 Å². The summed E-state index contributed by atoms with van der Waals surface area (Å²) < 4.78 is 11.0. The van der Waals surface area contributed by atoms with Crippen LogP contribution in [0.25, 0.3) is 0 Å². The lowest BCUT2D eigenvalue weighted by Gasteiger charge is -2.45. The largest absolute Gasteiger partial charge is 0.444 e. The van der Waals surface area contributed by atoms with E-state index in [4.69, 9.17) is 14.6 Å². The van der Waals surface area contributed by atoms with Crippen LogP contribution in [-0.4, -0.2) is 53.1 Å². The van der Waals surface area contributed by atoms with Gasteiger partial charge in [0.1, 0.15) is 5.60 Å². The lowest BCUT2D eigenvalue weighted by atomic mass is 10.0. The van der Waals surface area contributed by atoms with Crippen molar-refractivity contribution in [3.05, 3.63) is 0 Å². The molecule has 1 saturated heterocycles. The van der Waals surface area contributed by atoms with Gasteiger partial charge in [0.2, 0.25) is 0 Å². The van der Waals surface area contributed by atoms with Gasteiger partial charge in [-0.15, -0.1) is 0 Å². The molecule has 0 aliphatic carbocycles. The lowest BCUT2D eigenvalue weighted by Crippen LogP contribution is -2.59. The van der Waals surface area contributed by atoms with E-state index < -0.39 is 5.60 Å². The fraction of sp³-hybridized carbons (Fsp3) is 0.923. The molecule has 5 nitrogen and oxygen atoms in total. The molecule has 1 rings (SSSR count). The highest BCUT2D eigenvalue weighted by atomic mass is 16.6. The van der Waals surface area contributed by atoms with Crippen molar-refractivity contribution in [2.45, 2.75) is 58.3 Å². The van der Waals surface area contributed by atoms with Crippen LogP contribution in [0.3, 0.4) is 0 Å². The first-order valence-electron chi connectivity index (χ1n) is 6.39. The molecule has 1 amide bonds. The van der Waals surface area contributed by atoms with Gasteiger partial charge in [-0.05, 0) is 41.0 Å². The monoisotopic (exact) mass is 259 g/mol. The van der Waals surface area contributed by atoms with Gasteiger partial charge >= 0.3 is 6.09 Å². The molecule has 106 valence electrons. The number of aliphatic hydroxyl groups excluding tert-OH is 1. The molecule has 0 aromatic heterocycles. The molecule has 0 spiro atoms. The third-order valence-corrected chi connectivity index (χ3v) is 2.85. The van der Waals surface area contributed by atoms with Crippen molar-refractivity contribution in [3.8, 4) is 0 Å². The molecule has 0 radical (unpaired) electrons. The number of ether oxygens (including phenoxy) is 2. The summed E-state index contributed by atoms with van der Waals surface area (Å²) >= 11 is 0. The van der Waals surface area contributed by atoms with E-state index in [1.165, 1.54) is 0 Å².